The first kappa shape index (κ1) is 31.5. The highest BCUT2D eigenvalue weighted by atomic mass is 16.7. The Morgan fingerprint density at radius 1 is 1.00 bits per heavy atom. The summed E-state index contributed by atoms with van der Waals surface area (Å²) in [6.07, 6.45) is 2.26. The van der Waals surface area contributed by atoms with Gasteiger partial charge in [-0.2, -0.15) is 0 Å². The number of nitrogens with zero attached hydrogens (tertiary/aromatic N) is 4. The van der Waals surface area contributed by atoms with E-state index in [-0.39, 0.29) is 30.9 Å². The molecule has 2 aromatic carbocycles. The van der Waals surface area contributed by atoms with Crippen LogP contribution >= 0.6 is 0 Å². The van der Waals surface area contributed by atoms with Crippen molar-refractivity contribution in [3.8, 4) is 28.7 Å². The molecule has 1 fully saturated rings. The quantitative estimate of drug-likeness (QED) is 0.446. The number of hydrogen-bond acceptors (Lipinski definition) is 10. The summed E-state index contributed by atoms with van der Waals surface area (Å²) in [6.45, 7) is 7.25. The van der Waals surface area contributed by atoms with E-state index in [4.69, 9.17) is 28.7 Å². The van der Waals surface area contributed by atoms with Crippen molar-refractivity contribution >= 4 is 28.5 Å². The molecule has 3 aliphatic rings. The average molecular weight is 634 g/mol. The number of methoxy groups -OCH3 is 3. The number of hydrogen-bond donors (Lipinski definition) is 1. The molecule has 0 spiro atoms. The minimum atomic E-state index is -0.146. The van der Waals surface area contributed by atoms with Crippen molar-refractivity contribution in [3.05, 3.63) is 41.5 Å². The molecule has 2 bridgehead atoms. The van der Waals surface area contributed by atoms with E-state index in [9.17, 15) is 9.59 Å². The molecule has 1 unspecified atom stereocenters. The van der Waals surface area contributed by atoms with Crippen molar-refractivity contribution < 1.29 is 33.3 Å². The van der Waals surface area contributed by atoms with Crippen molar-refractivity contribution in [1.29, 1.82) is 0 Å². The van der Waals surface area contributed by atoms with Gasteiger partial charge >= 0.3 is 0 Å². The van der Waals surface area contributed by atoms with Gasteiger partial charge in [0.1, 0.15) is 5.82 Å². The molecule has 4 heterocycles. The number of aromatic nitrogens is 1. The molecule has 0 radical (unpaired) electrons. The number of fused-ring (bicyclic) bond motifs is 6. The minimum Gasteiger partial charge on any atom is -0.493 e. The summed E-state index contributed by atoms with van der Waals surface area (Å²) in [6, 6.07) is 9.28. The third kappa shape index (κ3) is 6.44. The Labute approximate surface area is 269 Å². The number of rotatable bonds is 5. The van der Waals surface area contributed by atoms with Gasteiger partial charge in [-0.15, -0.1) is 0 Å². The molecule has 0 aliphatic carbocycles. The van der Waals surface area contributed by atoms with E-state index in [1.807, 2.05) is 6.07 Å². The Morgan fingerprint density at radius 2 is 1.83 bits per heavy atom. The van der Waals surface area contributed by atoms with Crippen LogP contribution in [0.25, 0.3) is 10.9 Å². The maximum atomic E-state index is 13.8. The van der Waals surface area contributed by atoms with Crippen LogP contribution < -0.4 is 33.9 Å². The van der Waals surface area contributed by atoms with Crippen LogP contribution in [0.3, 0.4) is 0 Å². The summed E-state index contributed by atoms with van der Waals surface area (Å²) in [7, 11) is 4.83. The van der Waals surface area contributed by atoms with Crippen molar-refractivity contribution in [2.24, 2.45) is 5.92 Å². The van der Waals surface area contributed by atoms with Crippen LogP contribution in [-0.2, 0) is 11.3 Å². The SMILES string of the molecule is CCN1CCN(C(=O)c2ccc3c(c2)OCO3)CCC(=O)NCC2CCCN(C2)c2nc3cc(OC)c(OC)c(OC)c3cc2C1. The average Bonchev–Trinajstić information content (AvgIpc) is 3.56. The Balaban J connectivity index is 1.36. The van der Waals surface area contributed by atoms with E-state index in [1.54, 1.807) is 44.4 Å². The Bertz CT molecular complexity index is 1600. The molecule has 12 nitrogen and oxygen atoms in total. The largest absolute Gasteiger partial charge is 0.493 e. The molecule has 46 heavy (non-hydrogen) atoms. The number of benzene rings is 2. The second-order valence-corrected chi connectivity index (χ2v) is 11.9. The maximum absolute atomic E-state index is 13.8. The van der Waals surface area contributed by atoms with E-state index < -0.39 is 0 Å². The predicted molar refractivity (Wildman–Crippen MR) is 173 cm³/mol. The van der Waals surface area contributed by atoms with Crippen molar-refractivity contribution in [2.75, 3.05) is 78.8 Å². The molecule has 1 N–H and O–H groups in total. The van der Waals surface area contributed by atoms with Gasteiger partial charge in [0.05, 0.1) is 26.8 Å². The van der Waals surface area contributed by atoms with Gasteiger partial charge in [0.2, 0.25) is 18.4 Å². The second-order valence-electron chi connectivity index (χ2n) is 11.9. The molecule has 1 atom stereocenters. The number of piperidine rings is 1. The first-order chi connectivity index (χ1) is 22.4. The van der Waals surface area contributed by atoms with E-state index in [1.165, 1.54) is 0 Å². The van der Waals surface area contributed by atoms with E-state index in [0.717, 1.165) is 54.8 Å². The summed E-state index contributed by atoms with van der Waals surface area (Å²) < 4.78 is 28.1. The minimum absolute atomic E-state index is 0.0551. The highest BCUT2D eigenvalue weighted by Crippen LogP contribution is 2.44. The van der Waals surface area contributed by atoms with Crippen molar-refractivity contribution in [1.82, 2.24) is 20.1 Å². The van der Waals surface area contributed by atoms with Gasteiger partial charge in [-0.1, -0.05) is 6.92 Å². The van der Waals surface area contributed by atoms with Gasteiger partial charge in [-0.05, 0) is 49.6 Å². The number of carbonyl (C=O) groups is 2. The van der Waals surface area contributed by atoms with Gasteiger partial charge in [-0.25, -0.2) is 4.98 Å². The van der Waals surface area contributed by atoms with Crippen LogP contribution in [0.15, 0.2) is 30.3 Å². The zero-order valence-electron chi connectivity index (χ0n) is 27.1. The molecule has 3 aromatic rings. The normalized spacial score (nSPS) is 19.1. The molecule has 12 heteroatoms. The fourth-order valence-corrected chi connectivity index (χ4v) is 6.60. The summed E-state index contributed by atoms with van der Waals surface area (Å²) in [4.78, 5) is 38.5. The number of carbonyl (C=O) groups excluding carboxylic acids is 2. The zero-order valence-corrected chi connectivity index (χ0v) is 27.1. The Kier molecular flexibility index (Phi) is 9.53. The summed E-state index contributed by atoms with van der Waals surface area (Å²) in [5, 5.41) is 3.98. The predicted octanol–water partition coefficient (Wildman–Crippen LogP) is 3.69. The smallest absolute Gasteiger partial charge is 0.254 e. The van der Waals surface area contributed by atoms with Crippen LogP contribution in [-0.4, -0.2) is 101 Å². The van der Waals surface area contributed by atoms with E-state index >= 15 is 0 Å². The van der Waals surface area contributed by atoms with Gasteiger partial charge in [0.15, 0.2) is 23.0 Å². The molecule has 0 saturated carbocycles. The fraction of sp³-hybridized carbons (Fsp3) is 0.500. The summed E-state index contributed by atoms with van der Waals surface area (Å²) in [5.74, 6) is 3.82. The van der Waals surface area contributed by atoms with Gasteiger partial charge in [0, 0.05) is 74.8 Å². The number of likely N-dealkylation sites (N-methyl/N-ethyl adjacent to an activating group) is 1. The second kappa shape index (κ2) is 13.9. The van der Waals surface area contributed by atoms with Crippen LogP contribution in [0, 0.1) is 5.92 Å². The highest BCUT2D eigenvalue weighted by Gasteiger charge is 2.28. The topological polar surface area (TPSA) is 115 Å². The van der Waals surface area contributed by atoms with Crippen LogP contribution in [0.5, 0.6) is 28.7 Å². The van der Waals surface area contributed by atoms with Crippen LogP contribution in [0.4, 0.5) is 5.82 Å². The number of anilines is 1. The van der Waals surface area contributed by atoms with Crippen LogP contribution in [0.2, 0.25) is 0 Å². The van der Waals surface area contributed by atoms with E-state index in [0.29, 0.717) is 67.0 Å². The van der Waals surface area contributed by atoms with Crippen molar-refractivity contribution in [2.45, 2.75) is 32.7 Å². The van der Waals surface area contributed by atoms with Crippen LogP contribution in [0.1, 0.15) is 42.1 Å². The standard InChI is InChI=1S/C34H43N5O7/c1-5-37-13-14-38(34(41)23-8-9-27-28(16-23)46-21-45-27)12-10-30(40)35-18-22-7-6-11-39(19-22)33-24(20-37)15-25-26(36-33)17-29(42-2)32(44-4)31(25)43-3/h8-9,15-17,22H,5-7,10-14,18-21H2,1-4H3,(H,35,40). The maximum Gasteiger partial charge on any atom is 0.254 e. The fourth-order valence-electron chi connectivity index (χ4n) is 6.60. The highest BCUT2D eigenvalue weighted by molar-refractivity contribution is 5.95. The number of nitrogens with one attached hydrogen (secondary N) is 1. The Morgan fingerprint density at radius 3 is 2.61 bits per heavy atom. The molecule has 1 saturated heterocycles. The lowest BCUT2D eigenvalue weighted by Crippen LogP contribution is -2.42. The molecule has 2 amide bonds. The van der Waals surface area contributed by atoms with Crippen molar-refractivity contribution in [3.63, 3.8) is 0 Å². The summed E-state index contributed by atoms with van der Waals surface area (Å²) in [5.41, 5.74) is 2.32. The molecule has 6 rings (SSSR count). The number of pyridine rings is 1. The molecule has 1 aromatic heterocycles. The molecular weight excluding hydrogens is 590 g/mol. The number of ether oxygens (including phenoxy) is 5. The third-order valence-corrected chi connectivity index (χ3v) is 9.13. The number of amides is 2. The third-order valence-electron chi connectivity index (χ3n) is 9.13. The summed E-state index contributed by atoms with van der Waals surface area (Å²) >= 11 is 0. The first-order valence-corrected chi connectivity index (χ1v) is 16.0. The molecule has 246 valence electrons. The lowest BCUT2D eigenvalue weighted by Gasteiger charge is -2.35. The lowest BCUT2D eigenvalue weighted by molar-refractivity contribution is -0.121. The zero-order chi connectivity index (χ0) is 32.2. The Hall–Kier alpha value is -4.45. The van der Waals surface area contributed by atoms with Gasteiger partial charge < -0.3 is 38.8 Å². The first-order valence-electron chi connectivity index (χ1n) is 16.0. The van der Waals surface area contributed by atoms with Gasteiger partial charge in [-0.3, -0.25) is 14.5 Å². The monoisotopic (exact) mass is 633 g/mol. The lowest BCUT2D eigenvalue weighted by atomic mass is 9.97. The molecule has 3 aliphatic heterocycles. The van der Waals surface area contributed by atoms with Gasteiger partial charge in [0.25, 0.3) is 5.91 Å². The molecular formula is C34H43N5O7. The van der Waals surface area contributed by atoms with E-state index in [2.05, 4.69) is 28.1 Å².